The molecule has 1 saturated heterocycles. The molecule has 1 fully saturated rings. The number of nitrogens with zero attached hydrogens (tertiary/aromatic N) is 5. The number of hydrogen-bond acceptors (Lipinski definition) is 8. The summed E-state index contributed by atoms with van der Waals surface area (Å²) in [5, 5.41) is 21.9. The van der Waals surface area contributed by atoms with Gasteiger partial charge in [0, 0.05) is 32.2 Å². The van der Waals surface area contributed by atoms with Crippen molar-refractivity contribution >= 4 is 33.8 Å². The third-order valence-electron chi connectivity index (χ3n) is 4.01. The molecule has 2 aromatic rings. The second-order valence-corrected chi connectivity index (χ2v) is 6.64. The molecule has 1 N–H and O–H groups in total. The van der Waals surface area contributed by atoms with E-state index in [1.807, 2.05) is 22.8 Å². The molecule has 25 heavy (non-hydrogen) atoms. The van der Waals surface area contributed by atoms with Gasteiger partial charge in [-0.3, -0.25) is 25.1 Å². The first-order valence-corrected chi connectivity index (χ1v) is 8.69. The number of piperazine rings is 1. The van der Waals surface area contributed by atoms with Crippen LogP contribution in [0.5, 0.6) is 0 Å². The standard InChI is InChI=1S/C15H18N6O3S/c1-11-2-3-12(21(23)24)13(8-11)20-6-4-19(5-7-20)9-14(22)17-15-18-16-10-25-15/h2-3,8,10H,4-7,9H2,1H3,(H,17,18,22). The summed E-state index contributed by atoms with van der Waals surface area (Å²) in [5.41, 5.74) is 3.30. The molecule has 0 radical (unpaired) electrons. The zero-order valence-electron chi connectivity index (χ0n) is 13.7. The monoisotopic (exact) mass is 362 g/mol. The van der Waals surface area contributed by atoms with Crippen molar-refractivity contribution < 1.29 is 9.72 Å². The van der Waals surface area contributed by atoms with Gasteiger partial charge in [0.1, 0.15) is 11.2 Å². The molecule has 0 unspecified atom stereocenters. The minimum atomic E-state index is -0.351. The van der Waals surface area contributed by atoms with Crippen molar-refractivity contribution in [3.8, 4) is 0 Å². The quantitative estimate of drug-likeness (QED) is 0.635. The van der Waals surface area contributed by atoms with E-state index in [-0.39, 0.29) is 23.1 Å². The number of aryl methyl sites for hydroxylation is 1. The predicted molar refractivity (Wildman–Crippen MR) is 95.0 cm³/mol. The maximum Gasteiger partial charge on any atom is 0.292 e. The number of nitrogens with one attached hydrogen (secondary N) is 1. The van der Waals surface area contributed by atoms with Crippen LogP contribution >= 0.6 is 11.3 Å². The van der Waals surface area contributed by atoms with Gasteiger partial charge in [0.05, 0.1) is 11.5 Å². The first-order valence-electron chi connectivity index (χ1n) is 7.81. The Morgan fingerprint density at radius 1 is 1.36 bits per heavy atom. The topological polar surface area (TPSA) is 104 Å². The average molecular weight is 362 g/mol. The smallest absolute Gasteiger partial charge is 0.292 e. The number of carbonyl (C=O) groups excluding carboxylic acids is 1. The summed E-state index contributed by atoms with van der Waals surface area (Å²) < 4.78 is 0. The van der Waals surface area contributed by atoms with E-state index in [0.29, 0.717) is 37.0 Å². The van der Waals surface area contributed by atoms with Crippen LogP contribution < -0.4 is 10.2 Å². The highest BCUT2D eigenvalue weighted by atomic mass is 32.1. The minimum absolute atomic E-state index is 0.119. The largest absolute Gasteiger partial charge is 0.363 e. The molecule has 0 aliphatic carbocycles. The maximum absolute atomic E-state index is 12.0. The number of rotatable bonds is 5. The first-order chi connectivity index (χ1) is 12.0. The fraction of sp³-hybridized carbons (Fsp3) is 0.400. The number of hydrogen-bond donors (Lipinski definition) is 1. The van der Waals surface area contributed by atoms with Gasteiger partial charge in [-0.1, -0.05) is 17.4 Å². The second kappa shape index (κ2) is 7.53. The third-order valence-corrected chi connectivity index (χ3v) is 4.62. The Balaban J connectivity index is 1.58. The highest BCUT2D eigenvalue weighted by Crippen LogP contribution is 2.29. The molecule has 3 rings (SSSR count). The van der Waals surface area contributed by atoms with Crippen LogP contribution in [-0.2, 0) is 4.79 Å². The van der Waals surface area contributed by atoms with E-state index in [9.17, 15) is 14.9 Å². The number of anilines is 2. The maximum atomic E-state index is 12.0. The van der Waals surface area contributed by atoms with E-state index < -0.39 is 0 Å². The van der Waals surface area contributed by atoms with Gasteiger partial charge in [-0.2, -0.15) is 0 Å². The Hall–Kier alpha value is -2.59. The van der Waals surface area contributed by atoms with Gasteiger partial charge in [0.25, 0.3) is 5.69 Å². The molecule has 1 aromatic carbocycles. The van der Waals surface area contributed by atoms with Gasteiger partial charge in [0.15, 0.2) is 0 Å². The molecule has 0 saturated carbocycles. The fourth-order valence-electron chi connectivity index (χ4n) is 2.78. The van der Waals surface area contributed by atoms with Crippen molar-refractivity contribution in [3.05, 3.63) is 39.4 Å². The normalized spacial score (nSPS) is 15.2. The van der Waals surface area contributed by atoms with Crippen molar-refractivity contribution in [3.63, 3.8) is 0 Å². The summed E-state index contributed by atoms with van der Waals surface area (Å²) in [6, 6.07) is 5.14. The molecule has 9 nitrogen and oxygen atoms in total. The summed E-state index contributed by atoms with van der Waals surface area (Å²) in [7, 11) is 0. The Kier molecular flexibility index (Phi) is 5.19. The molecule has 2 heterocycles. The predicted octanol–water partition coefficient (Wildman–Crippen LogP) is 1.52. The lowest BCUT2D eigenvalue weighted by Gasteiger charge is -2.35. The molecule has 1 aliphatic heterocycles. The molecule has 1 aliphatic rings. The lowest BCUT2D eigenvalue weighted by molar-refractivity contribution is -0.384. The first kappa shape index (κ1) is 17.2. The molecule has 1 amide bonds. The van der Waals surface area contributed by atoms with E-state index >= 15 is 0 Å². The Labute approximate surface area is 148 Å². The van der Waals surface area contributed by atoms with Crippen LogP contribution in [0.3, 0.4) is 0 Å². The van der Waals surface area contributed by atoms with Crippen molar-refractivity contribution in [2.24, 2.45) is 0 Å². The van der Waals surface area contributed by atoms with Gasteiger partial charge in [-0.25, -0.2) is 0 Å². The highest BCUT2D eigenvalue weighted by molar-refractivity contribution is 7.13. The summed E-state index contributed by atoms with van der Waals surface area (Å²) in [4.78, 5) is 26.9. The summed E-state index contributed by atoms with van der Waals surface area (Å²) >= 11 is 1.27. The lowest BCUT2D eigenvalue weighted by atomic mass is 10.1. The Bertz CT molecular complexity index is 759. The molecular weight excluding hydrogens is 344 g/mol. The fourth-order valence-corrected chi connectivity index (χ4v) is 3.24. The number of benzene rings is 1. The zero-order chi connectivity index (χ0) is 17.8. The van der Waals surface area contributed by atoms with E-state index in [1.165, 1.54) is 11.3 Å². The molecule has 10 heteroatoms. The van der Waals surface area contributed by atoms with Crippen LogP contribution in [0.15, 0.2) is 23.7 Å². The highest BCUT2D eigenvalue weighted by Gasteiger charge is 2.24. The number of amides is 1. The molecule has 0 spiro atoms. The Morgan fingerprint density at radius 3 is 2.76 bits per heavy atom. The number of carbonyl (C=O) groups is 1. The van der Waals surface area contributed by atoms with E-state index in [1.54, 1.807) is 17.6 Å². The van der Waals surface area contributed by atoms with Crippen LogP contribution in [0.2, 0.25) is 0 Å². The molecule has 0 bridgehead atoms. The van der Waals surface area contributed by atoms with Gasteiger partial charge >= 0.3 is 0 Å². The summed E-state index contributed by atoms with van der Waals surface area (Å²) in [6.45, 7) is 4.78. The number of aromatic nitrogens is 2. The van der Waals surface area contributed by atoms with E-state index in [2.05, 4.69) is 15.5 Å². The van der Waals surface area contributed by atoms with Crippen LogP contribution in [0.25, 0.3) is 0 Å². The number of nitro groups is 1. The van der Waals surface area contributed by atoms with Gasteiger partial charge in [0.2, 0.25) is 11.0 Å². The lowest BCUT2D eigenvalue weighted by Crippen LogP contribution is -2.48. The van der Waals surface area contributed by atoms with Crippen molar-refractivity contribution in [2.45, 2.75) is 6.92 Å². The average Bonchev–Trinajstić information content (AvgIpc) is 3.08. The third kappa shape index (κ3) is 4.28. The Morgan fingerprint density at radius 2 is 2.12 bits per heavy atom. The SMILES string of the molecule is Cc1ccc([N+](=O)[O-])c(N2CCN(CC(=O)Nc3nncs3)CC2)c1. The van der Waals surface area contributed by atoms with Gasteiger partial charge in [-0.15, -0.1) is 10.2 Å². The molecule has 1 aromatic heterocycles. The van der Waals surface area contributed by atoms with E-state index in [0.717, 1.165) is 5.56 Å². The van der Waals surface area contributed by atoms with Crippen molar-refractivity contribution in [1.29, 1.82) is 0 Å². The van der Waals surface area contributed by atoms with Gasteiger partial charge in [-0.05, 0) is 18.6 Å². The van der Waals surface area contributed by atoms with Crippen molar-refractivity contribution in [2.75, 3.05) is 42.9 Å². The zero-order valence-corrected chi connectivity index (χ0v) is 14.5. The number of nitro benzene ring substituents is 1. The second-order valence-electron chi connectivity index (χ2n) is 5.80. The van der Waals surface area contributed by atoms with Crippen LogP contribution in [0, 0.1) is 17.0 Å². The van der Waals surface area contributed by atoms with E-state index in [4.69, 9.17) is 0 Å². The van der Waals surface area contributed by atoms with Crippen LogP contribution in [0.4, 0.5) is 16.5 Å². The van der Waals surface area contributed by atoms with Crippen LogP contribution in [0.1, 0.15) is 5.56 Å². The molecule has 132 valence electrons. The molecule has 0 atom stereocenters. The van der Waals surface area contributed by atoms with Crippen LogP contribution in [-0.4, -0.2) is 58.7 Å². The van der Waals surface area contributed by atoms with Gasteiger partial charge < -0.3 is 4.90 Å². The summed E-state index contributed by atoms with van der Waals surface area (Å²) in [5.74, 6) is -0.133. The minimum Gasteiger partial charge on any atom is -0.363 e. The summed E-state index contributed by atoms with van der Waals surface area (Å²) in [6.07, 6.45) is 0. The molecular formula is C15H18N6O3S. The van der Waals surface area contributed by atoms with Crippen molar-refractivity contribution in [1.82, 2.24) is 15.1 Å².